The lowest BCUT2D eigenvalue weighted by atomic mass is 10.1. The Bertz CT molecular complexity index is 4340. The predicted octanol–water partition coefficient (Wildman–Crippen LogP) is -12.3. The van der Waals surface area contributed by atoms with Gasteiger partial charge in [-0.05, 0) is 96.4 Å². The third-order valence-electron chi connectivity index (χ3n) is 27.0. The summed E-state index contributed by atoms with van der Waals surface area (Å²) in [7, 11) is 0. The smallest absolute Gasteiger partial charge is 0.326 e. The van der Waals surface area contributed by atoms with E-state index in [4.69, 9.17) is 0 Å². The van der Waals surface area contributed by atoms with E-state index in [0.29, 0.717) is 51.5 Å². The maximum atomic E-state index is 14.4. The van der Waals surface area contributed by atoms with Crippen molar-refractivity contribution in [1.82, 2.24) is 101 Å². The molecule has 0 aliphatic carbocycles. The molecular weight excluding hydrogens is 1710 g/mol. The molecule has 13 rings (SSSR count). The fraction of sp³-hybridized carbons (Fsp3) is 0.750. The van der Waals surface area contributed by atoms with E-state index in [1.54, 1.807) is 0 Å². The molecule has 13 aliphatic rings. The molecule has 15 N–H and O–H groups in total. The lowest BCUT2D eigenvalue weighted by molar-refractivity contribution is -0.151. The van der Waals surface area contributed by atoms with Crippen LogP contribution < -0.4 is 42.5 Å². The van der Waals surface area contributed by atoms with Crippen molar-refractivity contribution in [1.29, 1.82) is 0 Å². The van der Waals surface area contributed by atoms with E-state index in [9.17, 15) is 132 Å². The molecule has 0 unspecified atom stereocenters. The Morgan fingerprint density at radius 2 is 0.516 bits per heavy atom. The summed E-state index contributed by atoms with van der Waals surface area (Å²) in [4.78, 5) is 289. The second-order valence-electron chi connectivity index (χ2n) is 35.4. The third-order valence-corrected chi connectivity index (χ3v) is 27.4. The number of aliphatic hydroxyl groups is 6. The summed E-state index contributed by atoms with van der Waals surface area (Å²) < 4.78 is 0. The fourth-order valence-corrected chi connectivity index (χ4v) is 20.8. The van der Waals surface area contributed by atoms with Gasteiger partial charge in [-0.3, -0.25) is 91.1 Å². The van der Waals surface area contributed by atoms with Crippen molar-refractivity contribution in [3.05, 3.63) is 0 Å². The van der Waals surface area contributed by atoms with E-state index in [1.165, 1.54) is 34.3 Å². The van der Waals surface area contributed by atoms with E-state index in [1.807, 2.05) is 0 Å². The zero-order valence-corrected chi connectivity index (χ0v) is 71.8. The summed E-state index contributed by atoms with van der Waals surface area (Å²) in [6.45, 7) is -4.12. The van der Waals surface area contributed by atoms with Gasteiger partial charge in [-0.25, -0.2) is 4.79 Å². The number of nitrogens with one attached hydrogen (secondary N) is 8. The van der Waals surface area contributed by atoms with Crippen LogP contribution in [0.4, 0.5) is 0 Å². The number of aliphatic carboxylic acids is 1. The van der Waals surface area contributed by atoms with Gasteiger partial charge in [0.15, 0.2) is 0 Å². The summed E-state index contributed by atoms with van der Waals surface area (Å²) in [6, 6.07) is -16.0. The van der Waals surface area contributed by atoms with Gasteiger partial charge in [0, 0.05) is 123 Å². The fourth-order valence-electron chi connectivity index (χ4n) is 20.6. The van der Waals surface area contributed by atoms with E-state index in [0.717, 1.165) is 30.9 Å². The van der Waals surface area contributed by atoms with Gasteiger partial charge in [0.1, 0.15) is 78.5 Å². The van der Waals surface area contributed by atoms with Gasteiger partial charge in [0.2, 0.25) is 112 Å². The summed E-state index contributed by atoms with van der Waals surface area (Å²) in [5.74, 6) is -15.0. The third kappa shape index (κ3) is 21.0. The Labute approximate surface area is 740 Å². The van der Waals surface area contributed by atoms with Gasteiger partial charge in [-0.15, -0.1) is 0 Å². The van der Waals surface area contributed by atoms with Gasteiger partial charge in [-0.1, -0.05) is 0 Å². The van der Waals surface area contributed by atoms with Crippen LogP contribution in [0.1, 0.15) is 128 Å². The van der Waals surface area contributed by atoms with Crippen molar-refractivity contribution >= 4 is 131 Å². The molecule has 0 spiro atoms. The van der Waals surface area contributed by atoms with Crippen LogP contribution in [0.2, 0.25) is 0 Å². The number of carboxylic acid groups (broad SMARTS) is 1. The first-order valence-corrected chi connectivity index (χ1v) is 45.0. The predicted molar refractivity (Wildman–Crippen MR) is 438 cm³/mol. The number of amides is 19. The van der Waals surface area contributed by atoms with Crippen LogP contribution >= 0.6 is 12.6 Å². The van der Waals surface area contributed by atoms with E-state index >= 15 is 0 Å². The summed E-state index contributed by atoms with van der Waals surface area (Å²) >= 11 is 4.27. The van der Waals surface area contributed by atoms with Crippen molar-refractivity contribution in [3.63, 3.8) is 0 Å². The lowest BCUT2D eigenvalue weighted by Gasteiger charge is -2.32. The first-order chi connectivity index (χ1) is 61.1. The molecule has 13 heterocycles. The molecule has 13 fully saturated rings. The number of β-amino-alcohol motifs (C(OH)–C–C–N with tert-alkyl or cyclic N) is 6. The molecule has 0 aromatic carbocycles. The van der Waals surface area contributed by atoms with E-state index in [2.05, 4.69) is 55.2 Å². The van der Waals surface area contributed by atoms with Crippen LogP contribution in [0.15, 0.2) is 0 Å². The number of carbonyl (C=O) groups is 20. The molecule has 0 aromatic heterocycles. The van der Waals surface area contributed by atoms with Crippen LogP contribution in [0.25, 0.3) is 0 Å². The highest BCUT2D eigenvalue weighted by Gasteiger charge is 2.53. The molecule has 704 valence electrons. The highest BCUT2D eigenvalue weighted by molar-refractivity contribution is 7.80. The molecule has 0 bridgehead atoms. The number of hydrogen-bond acceptors (Lipinski definition) is 28. The second-order valence-corrected chi connectivity index (χ2v) is 35.7. The van der Waals surface area contributed by atoms with Crippen LogP contribution in [-0.4, -0.2) is 464 Å². The van der Waals surface area contributed by atoms with Crippen LogP contribution in [-0.2, 0) is 95.9 Å². The Kier molecular flexibility index (Phi) is 30.8. The Morgan fingerprint density at radius 3 is 0.766 bits per heavy atom. The molecule has 20 atom stereocenters. The number of carbonyl (C=O) groups excluding carboxylic acids is 19. The molecule has 47 nitrogen and oxygen atoms in total. The largest absolute Gasteiger partial charge is 0.480 e. The van der Waals surface area contributed by atoms with Crippen LogP contribution in [0.5, 0.6) is 0 Å². The molecule has 13 saturated heterocycles. The Hall–Kier alpha value is -10.5. The number of hydrogen-bond donors (Lipinski definition) is 16. The number of carboxylic acids is 1. The molecule has 0 saturated carbocycles. The summed E-state index contributed by atoms with van der Waals surface area (Å²) in [5, 5.41) is 94.1. The van der Waals surface area contributed by atoms with Crippen molar-refractivity contribution in [3.8, 4) is 0 Å². The minimum atomic E-state index is -1.37. The minimum absolute atomic E-state index is 0.0242. The Morgan fingerprint density at radius 1 is 0.281 bits per heavy atom. The average Bonchev–Trinajstić information content (AvgIpc) is 1.65. The highest BCUT2D eigenvalue weighted by atomic mass is 32.1. The van der Waals surface area contributed by atoms with E-state index in [-0.39, 0.29) is 167 Å². The molecule has 19 amide bonds. The van der Waals surface area contributed by atoms with E-state index < -0.39 is 273 Å². The van der Waals surface area contributed by atoms with Crippen LogP contribution in [0, 0.1) is 0 Å². The second kappa shape index (κ2) is 41.5. The zero-order chi connectivity index (χ0) is 92.0. The number of thiol groups is 1. The topological polar surface area (TPSA) is 618 Å². The molecular formula is C80H116N20O27S. The Balaban J connectivity index is 0.526. The van der Waals surface area contributed by atoms with Gasteiger partial charge >= 0.3 is 5.97 Å². The molecule has 128 heavy (non-hydrogen) atoms. The van der Waals surface area contributed by atoms with Gasteiger partial charge < -0.3 is 137 Å². The SMILES string of the molecule is O=C(NCC(=O)N1CCC[C@H]1C(=O)N1C[C@H](O)C[C@H]1C(=O)NCC(=O)N1CCC[C@H]1C(=O)N1C[C@H](O)C[C@H]1C(=O)NCC(=O)N1CCC[C@H]1C(=O)N1C[C@H](O)C[C@H]1C(=O)O)[C@H](CS)NC(=O)[C@@H]1CCCN1C(=O)CNC(=O)[C@@H]1C[C@@H](O)CN1C(=O)[C@@H]1CCCN1C(=O)CNC(=O)[C@@H]1C[C@@H](O)CN1C(=O)[C@@H]1CCCN1C(=O)CNC(=O)[C@@H]1C[C@@H](O)CN1C(=O)[C@@H]1CCCN1. The standard InChI is InChI=1S/C80H116N20O27S/c101-41-22-55(95(34-41)74(120)47-8-1-15-81-47)68(114)84-30-63(109)91-18-4-11-51(91)77(123)98-37-44(104)25-58(98)71(117)86-32-64(110)92-19-5-12-52(92)76(122)96-35-42(102)23-56(96)69(115)83-29-61(107)89-16-2-9-49(89)73(119)88-48(40-128)67(113)82-28-62(108)90-17-3-10-50(90)75(121)97-36-43(103)24-57(97)70(116)85-31-65(111)93-20-6-13-53(93)78(124)99-38-45(105)26-59(99)72(118)87-33-66(112)94-21-7-14-54(94)79(125)100-39-46(106)27-60(100)80(126)127/h41-60,81,101-106,128H,1-40H2,(H,82,113)(H,83,115)(H,84,114)(H,85,116)(H,86,117)(H,87,118)(H,88,119)(H,126,127)/t41-,42-,43-,44-,45-,46-,47+,48+,49+,50+,51+,52+,53+,54+,55+,56+,57+,58+,59+,60+/m1/s1. The van der Waals surface area contributed by atoms with Gasteiger partial charge in [0.25, 0.3) is 0 Å². The van der Waals surface area contributed by atoms with Crippen LogP contribution in [0.3, 0.4) is 0 Å². The lowest BCUT2D eigenvalue weighted by Crippen LogP contribution is -2.57. The minimum Gasteiger partial charge on any atom is -0.480 e. The number of nitrogens with zero attached hydrogens (tertiary/aromatic N) is 12. The summed E-state index contributed by atoms with van der Waals surface area (Å²) in [6.07, 6.45) is -3.37. The first-order valence-electron chi connectivity index (χ1n) is 44.3. The normalized spacial score (nSPS) is 30.6. The van der Waals surface area contributed by atoms with Gasteiger partial charge in [-0.2, -0.15) is 12.6 Å². The molecule has 13 aliphatic heterocycles. The van der Waals surface area contributed by atoms with Crippen molar-refractivity contribution < 1.29 is 132 Å². The monoisotopic (exact) mass is 1820 g/mol. The van der Waals surface area contributed by atoms with Crippen molar-refractivity contribution in [2.75, 3.05) is 130 Å². The highest BCUT2D eigenvalue weighted by Crippen LogP contribution is 2.34. The number of aliphatic hydroxyl groups excluding tert-OH is 6. The quantitative estimate of drug-likeness (QED) is 0.0324. The van der Waals surface area contributed by atoms with Crippen molar-refractivity contribution in [2.45, 2.75) is 250 Å². The summed E-state index contributed by atoms with van der Waals surface area (Å²) in [5.41, 5.74) is 0. The maximum Gasteiger partial charge on any atom is 0.326 e. The number of rotatable bonds is 28. The molecule has 48 heteroatoms. The molecule has 0 aromatic rings. The first kappa shape index (κ1) is 95.1. The zero-order valence-electron chi connectivity index (χ0n) is 70.9. The molecule has 0 radical (unpaired) electrons. The van der Waals surface area contributed by atoms with Crippen molar-refractivity contribution in [2.24, 2.45) is 0 Å². The van der Waals surface area contributed by atoms with Gasteiger partial charge in [0.05, 0.1) is 81.9 Å². The average molecular weight is 1820 g/mol. The maximum absolute atomic E-state index is 14.4. The number of likely N-dealkylation sites (tertiary alicyclic amines) is 12.